The van der Waals surface area contributed by atoms with Crippen LogP contribution < -0.4 is 21.5 Å². The second kappa shape index (κ2) is 19.1. The van der Waals surface area contributed by atoms with Gasteiger partial charge in [-0.25, -0.2) is 14.4 Å². The van der Waals surface area contributed by atoms with Crippen LogP contribution in [0.15, 0.2) is 64.8 Å². The lowest BCUT2D eigenvalue weighted by Crippen LogP contribution is -2.44. The van der Waals surface area contributed by atoms with E-state index in [1.54, 1.807) is 63.8 Å². The highest BCUT2D eigenvalue weighted by atomic mass is 19.1. The molecule has 0 atom stereocenters. The smallest absolute Gasteiger partial charge is 0.276 e. The van der Waals surface area contributed by atoms with E-state index in [1.807, 2.05) is 40.7 Å². The number of amidine groups is 1. The van der Waals surface area contributed by atoms with E-state index in [9.17, 15) is 18.8 Å². The summed E-state index contributed by atoms with van der Waals surface area (Å²) in [6, 6.07) is 7.02. The van der Waals surface area contributed by atoms with Gasteiger partial charge in [-0.05, 0) is 73.1 Å². The highest BCUT2D eigenvalue weighted by Gasteiger charge is 2.24. The Labute approximate surface area is 308 Å². The number of halogens is 1. The zero-order valence-electron chi connectivity index (χ0n) is 32.8. The van der Waals surface area contributed by atoms with E-state index in [1.165, 1.54) is 9.47 Å². The van der Waals surface area contributed by atoms with E-state index >= 15 is 0 Å². The number of aliphatic imine (C=N–C) groups is 1. The molecule has 1 fully saturated rings. The van der Waals surface area contributed by atoms with Crippen molar-refractivity contribution in [1.29, 1.82) is 0 Å². The number of benzene rings is 1. The average Bonchev–Trinajstić information content (AvgIpc) is 3.09. The van der Waals surface area contributed by atoms with Crippen LogP contribution in [0.1, 0.15) is 90.5 Å². The van der Waals surface area contributed by atoms with Gasteiger partial charge in [-0.3, -0.25) is 14.4 Å². The van der Waals surface area contributed by atoms with E-state index in [0.717, 1.165) is 23.2 Å². The van der Waals surface area contributed by atoms with E-state index in [2.05, 4.69) is 42.6 Å². The first kappa shape index (κ1) is 43.3. The van der Waals surface area contributed by atoms with Gasteiger partial charge in [0.05, 0.1) is 12.2 Å². The van der Waals surface area contributed by atoms with Crippen molar-refractivity contribution < 1.29 is 18.7 Å². The number of hydrogen-bond acceptors (Lipinski definition) is 7. The number of ketones is 1. The number of nitrogens with one attached hydrogen (secondary N) is 1. The number of pyridine rings is 2. The summed E-state index contributed by atoms with van der Waals surface area (Å²) >= 11 is 0. The highest BCUT2D eigenvalue weighted by molar-refractivity contribution is 5.94. The third-order valence-electron chi connectivity index (χ3n) is 8.31. The molecule has 3 N–H and O–H groups in total. The molecule has 1 saturated heterocycles. The third-order valence-corrected chi connectivity index (χ3v) is 8.31. The number of anilines is 1. The van der Waals surface area contributed by atoms with Crippen molar-refractivity contribution in [3.63, 3.8) is 0 Å². The maximum Gasteiger partial charge on any atom is 0.276 e. The lowest BCUT2D eigenvalue weighted by Gasteiger charge is -2.32. The molecule has 11 heteroatoms. The van der Waals surface area contributed by atoms with Crippen molar-refractivity contribution in [3.05, 3.63) is 93.4 Å². The zero-order chi connectivity index (χ0) is 39.4. The number of aryl methyl sites for hydroxylation is 1. The molecule has 0 saturated carbocycles. The van der Waals surface area contributed by atoms with Crippen molar-refractivity contribution in [2.75, 3.05) is 25.1 Å². The molecule has 0 spiro atoms. The van der Waals surface area contributed by atoms with Crippen molar-refractivity contribution in [2.24, 2.45) is 17.8 Å². The lowest BCUT2D eigenvalue weighted by atomic mass is 9.85. The number of amides is 1. The molecule has 282 valence electrons. The molecule has 52 heavy (non-hydrogen) atoms. The summed E-state index contributed by atoms with van der Waals surface area (Å²) in [6.07, 6.45) is 8.49. The number of hydrogen-bond donors (Lipinski definition) is 2. The van der Waals surface area contributed by atoms with Gasteiger partial charge in [-0.1, -0.05) is 60.3 Å². The van der Waals surface area contributed by atoms with Gasteiger partial charge in [0.25, 0.3) is 5.56 Å². The van der Waals surface area contributed by atoms with Crippen LogP contribution in [0.4, 0.5) is 15.9 Å². The Bertz CT molecular complexity index is 1840. The van der Waals surface area contributed by atoms with E-state index in [4.69, 9.17) is 10.5 Å². The SMILES string of the molecule is C=Cc1cc(C(C)(C)C)cc(F)c1C.CC.CCCC(=O)Cc1c(-c2cc(N=C(N)/C=C3/COC(C)(C)CN3)c(=O)n(C)c2)ccnc1N(C)C=O. The summed E-state index contributed by atoms with van der Waals surface area (Å²) in [7, 11) is 3.21. The molecule has 0 radical (unpaired) electrons. The average molecular weight is 717 g/mol. The number of nitrogens with zero attached hydrogens (tertiary/aromatic N) is 4. The predicted octanol–water partition coefficient (Wildman–Crippen LogP) is 7.32. The number of carbonyl (C=O) groups excluding carboxylic acids is 2. The normalized spacial score (nSPS) is 14.6. The number of carbonyl (C=O) groups is 2. The number of morpholine rings is 1. The quantitative estimate of drug-likeness (QED) is 0.128. The van der Waals surface area contributed by atoms with Gasteiger partial charge >= 0.3 is 0 Å². The third kappa shape index (κ3) is 11.8. The minimum Gasteiger partial charge on any atom is -0.384 e. The fourth-order valence-electron chi connectivity index (χ4n) is 5.26. The fourth-order valence-corrected chi connectivity index (χ4v) is 5.26. The minimum absolute atomic E-state index is 0.0215. The molecule has 0 aliphatic carbocycles. The van der Waals surface area contributed by atoms with Gasteiger partial charge in [0.15, 0.2) is 0 Å². The molecule has 0 bridgehead atoms. The maximum absolute atomic E-state index is 13.5. The summed E-state index contributed by atoms with van der Waals surface area (Å²) in [4.78, 5) is 47.0. The molecule has 4 rings (SSSR count). The molecule has 1 amide bonds. The molecular weight excluding hydrogens is 659 g/mol. The Balaban J connectivity index is 0.000000488. The second-order valence-electron chi connectivity index (χ2n) is 14.1. The number of Topliss-reactive ketones (excluding diaryl/α,β-unsaturated/α-hetero) is 1. The van der Waals surface area contributed by atoms with Crippen molar-refractivity contribution >= 4 is 35.6 Å². The zero-order valence-corrected chi connectivity index (χ0v) is 32.8. The monoisotopic (exact) mass is 716 g/mol. The van der Waals surface area contributed by atoms with Crippen LogP contribution in [0.3, 0.4) is 0 Å². The van der Waals surface area contributed by atoms with Gasteiger partial charge in [0.1, 0.15) is 28.9 Å². The number of ether oxygens (including phenoxy) is 1. The highest BCUT2D eigenvalue weighted by Crippen LogP contribution is 2.31. The van der Waals surface area contributed by atoms with E-state index in [0.29, 0.717) is 54.1 Å². The molecule has 1 aromatic carbocycles. The van der Waals surface area contributed by atoms with E-state index < -0.39 is 0 Å². The Morgan fingerprint density at radius 2 is 1.92 bits per heavy atom. The number of aromatic nitrogens is 2. The van der Waals surface area contributed by atoms with Crippen LogP contribution in [-0.4, -0.2) is 53.4 Å². The summed E-state index contributed by atoms with van der Waals surface area (Å²) in [6.45, 7) is 22.6. The van der Waals surface area contributed by atoms with Crippen molar-refractivity contribution in [1.82, 2.24) is 14.9 Å². The Morgan fingerprint density at radius 1 is 1.25 bits per heavy atom. The fraction of sp³-hybridized carbons (Fsp3) is 0.439. The molecule has 3 aromatic rings. The predicted molar refractivity (Wildman–Crippen MR) is 212 cm³/mol. The molecule has 10 nitrogen and oxygen atoms in total. The van der Waals surface area contributed by atoms with Crippen LogP contribution in [0.2, 0.25) is 0 Å². The van der Waals surface area contributed by atoms with Gasteiger partial charge in [0, 0.05) is 68.8 Å². The van der Waals surface area contributed by atoms with Crippen LogP contribution in [-0.2, 0) is 33.2 Å². The molecule has 1 aliphatic rings. The molecule has 1 aliphatic heterocycles. The van der Waals surface area contributed by atoms with Gasteiger partial charge in [-0.2, -0.15) is 0 Å². The summed E-state index contributed by atoms with van der Waals surface area (Å²) in [5.74, 6) is 0.440. The summed E-state index contributed by atoms with van der Waals surface area (Å²) in [5.41, 5.74) is 11.0. The summed E-state index contributed by atoms with van der Waals surface area (Å²) in [5, 5.41) is 3.27. The Kier molecular flexibility index (Phi) is 15.9. The Hall–Kier alpha value is -4.90. The summed E-state index contributed by atoms with van der Waals surface area (Å²) < 4.78 is 20.7. The minimum atomic E-state index is -0.322. The Morgan fingerprint density at radius 3 is 2.48 bits per heavy atom. The van der Waals surface area contributed by atoms with Gasteiger partial charge < -0.3 is 25.3 Å². The standard InChI is InChI=1S/C26H34N6O4.C13H17F.C2H6/c1-6-7-19(34)12-21-20(8-9-28-24(21)32(5)16-33)17-10-22(25(35)31(4)13-17)30-23(27)11-18-14-36-26(2,3)15-29-18;1-6-10-7-11(13(3,4)5)8-12(14)9(10)2;1-2/h8-11,13,16,29H,6-7,12,14-15H2,1-5H3,(H2,27,30);6-8H,1H2,2-5H3;1-2H3/b18-11-;;. The maximum atomic E-state index is 13.5. The van der Waals surface area contributed by atoms with E-state index in [-0.39, 0.29) is 46.1 Å². The van der Waals surface area contributed by atoms with Crippen LogP contribution in [0.25, 0.3) is 17.2 Å². The number of nitrogens with two attached hydrogens (primary N) is 1. The van der Waals surface area contributed by atoms with Gasteiger partial charge in [-0.15, -0.1) is 0 Å². The van der Waals surface area contributed by atoms with Crippen LogP contribution >= 0.6 is 0 Å². The second-order valence-corrected chi connectivity index (χ2v) is 14.1. The molecule has 2 aromatic heterocycles. The molecular formula is C41H57FN6O4. The topological polar surface area (TPSA) is 132 Å². The largest absolute Gasteiger partial charge is 0.384 e. The first-order chi connectivity index (χ1) is 24.4. The van der Waals surface area contributed by atoms with Gasteiger partial charge in [0.2, 0.25) is 6.41 Å². The molecule has 3 heterocycles. The van der Waals surface area contributed by atoms with Crippen LogP contribution in [0, 0.1) is 12.7 Å². The van der Waals surface area contributed by atoms with Crippen LogP contribution in [0.5, 0.6) is 0 Å². The lowest BCUT2D eigenvalue weighted by molar-refractivity contribution is -0.118. The first-order valence-electron chi connectivity index (χ1n) is 17.6. The number of rotatable bonds is 10. The first-order valence-corrected chi connectivity index (χ1v) is 17.6. The van der Waals surface area contributed by atoms with Crippen molar-refractivity contribution in [3.8, 4) is 11.1 Å². The molecule has 0 unspecified atom stereocenters. The van der Waals surface area contributed by atoms with Crippen molar-refractivity contribution in [2.45, 2.75) is 92.6 Å².